The highest BCUT2D eigenvalue weighted by atomic mass is 32.2. The average Bonchev–Trinajstić information content (AvgIpc) is 2.21. The summed E-state index contributed by atoms with van der Waals surface area (Å²) in [4.78, 5) is 21.8. The standard InChI is InChI=1S/C11H19NO3S/c1-8-4-2-3-5-9(8)12-10(13)6-16-7-11(14)15/h8-9H,2-7H2,1H3,(H,12,13)(H,14,15)/t8-,9+/m1/s1. The second-order valence-electron chi connectivity index (χ2n) is 4.32. The molecule has 0 aliphatic heterocycles. The Labute approximate surface area is 100 Å². The van der Waals surface area contributed by atoms with Gasteiger partial charge in [-0.1, -0.05) is 19.8 Å². The molecule has 0 aromatic rings. The molecule has 0 saturated heterocycles. The molecule has 1 aliphatic rings. The third-order valence-corrected chi connectivity index (χ3v) is 3.83. The molecular formula is C11H19NO3S. The third kappa shape index (κ3) is 4.88. The highest BCUT2D eigenvalue weighted by Gasteiger charge is 2.22. The molecule has 0 bridgehead atoms. The van der Waals surface area contributed by atoms with Crippen LogP contribution in [0.3, 0.4) is 0 Å². The van der Waals surface area contributed by atoms with Gasteiger partial charge in [-0.3, -0.25) is 9.59 Å². The normalized spacial score (nSPS) is 25.1. The molecule has 0 heterocycles. The lowest BCUT2D eigenvalue weighted by atomic mass is 9.86. The van der Waals surface area contributed by atoms with E-state index in [1.54, 1.807) is 0 Å². The summed E-state index contributed by atoms with van der Waals surface area (Å²) in [5, 5.41) is 11.4. The molecule has 1 amide bonds. The lowest BCUT2D eigenvalue weighted by molar-refractivity contribution is -0.133. The van der Waals surface area contributed by atoms with Crippen molar-refractivity contribution < 1.29 is 14.7 Å². The van der Waals surface area contributed by atoms with Crippen LogP contribution in [0.1, 0.15) is 32.6 Å². The van der Waals surface area contributed by atoms with E-state index in [9.17, 15) is 9.59 Å². The summed E-state index contributed by atoms with van der Waals surface area (Å²) < 4.78 is 0. The molecular weight excluding hydrogens is 226 g/mol. The number of carboxylic acids is 1. The maximum absolute atomic E-state index is 11.5. The molecule has 5 heteroatoms. The van der Waals surface area contributed by atoms with Crippen LogP contribution in [0.2, 0.25) is 0 Å². The molecule has 0 aromatic heterocycles. The van der Waals surface area contributed by atoms with Crippen molar-refractivity contribution in [2.75, 3.05) is 11.5 Å². The zero-order chi connectivity index (χ0) is 12.0. The number of hydrogen-bond acceptors (Lipinski definition) is 3. The maximum Gasteiger partial charge on any atom is 0.313 e. The van der Waals surface area contributed by atoms with Gasteiger partial charge in [0.1, 0.15) is 0 Å². The van der Waals surface area contributed by atoms with Crippen molar-refractivity contribution in [2.24, 2.45) is 5.92 Å². The second-order valence-corrected chi connectivity index (χ2v) is 5.31. The summed E-state index contributed by atoms with van der Waals surface area (Å²) in [5.74, 6) is -0.126. The van der Waals surface area contributed by atoms with Crippen molar-refractivity contribution in [3.05, 3.63) is 0 Å². The molecule has 92 valence electrons. The van der Waals surface area contributed by atoms with Gasteiger partial charge >= 0.3 is 5.97 Å². The van der Waals surface area contributed by atoms with Gasteiger partial charge < -0.3 is 10.4 Å². The van der Waals surface area contributed by atoms with E-state index in [-0.39, 0.29) is 23.5 Å². The van der Waals surface area contributed by atoms with Gasteiger partial charge in [0.2, 0.25) is 5.91 Å². The highest BCUT2D eigenvalue weighted by molar-refractivity contribution is 8.00. The number of aliphatic carboxylic acids is 1. The number of carboxylic acid groups (broad SMARTS) is 1. The van der Waals surface area contributed by atoms with Crippen molar-refractivity contribution in [1.29, 1.82) is 0 Å². The van der Waals surface area contributed by atoms with E-state index in [0.717, 1.165) is 18.2 Å². The van der Waals surface area contributed by atoms with Gasteiger partial charge in [0.15, 0.2) is 0 Å². The fourth-order valence-corrected chi connectivity index (χ4v) is 2.56. The number of amides is 1. The van der Waals surface area contributed by atoms with Crippen LogP contribution in [0.15, 0.2) is 0 Å². The van der Waals surface area contributed by atoms with E-state index in [1.807, 2.05) is 0 Å². The Morgan fingerprint density at radius 2 is 2.00 bits per heavy atom. The average molecular weight is 245 g/mol. The first kappa shape index (κ1) is 13.4. The Kier molecular flexibility index (Phi) is 5.66. The zero-order valence-electron chi connectivity index (χ0n) is 9.57. The van der Waals surface area contributed by atoms with E-state index in [1.165, 1.54) is 19.3 Å². The largest absolute Gasteiger partial charge is 0.481 e. The highest BCUT2D eigenvalue weighted by Crippen LogP contribution is 2.23. The number of nitrogens with one attached hydrogen (secondary N) is 1. The molecule has 2 atom stereocenters. The van der Waals surface area contributed by atoms with E-state index in [4.69, 9.17) is 5.11 Å². The number of hydrogen-bond donors (Lipinski definition) is 2. The van der Waals surface area contributed by atoms with Crippen LogP contribution in [0.25, 0.3) is 0 Å². The summed E-state index contributed by atoms with van der Waals surface area (Å²) in [6.45, 7) is 2.16. The number of thioether (sulfide) groups is 1. The van der Waals surface area contributed by atoms with E-state index in [2.05, 4.69) is 12.2 Å². The first-order chi connectivity index (χ1) is 7.59. The molecule has 0 unspecified atom stereocenters. The van der Waals surface area contributed by atoms with Crippen LogP contribution in [-0.2, 0) is 9.59 Å². The Morgan fingerprint density at radius 3 is 2.62 bits per heavy atom. The van der Waals surface area contributed by atoms with Crippen LogP contribution >= 0.6 is 11.8 Å². The minimum atomic E-state index is -0.871. The first-order valence-electron chi connectivity index (χ1n) is 5.68. The molecule has 1 aliphatic carbocycles. The van der Waals surface area contributed by atoms with Gasteiger partial charge in [0, 0.05) is 6.04 Å². The van der Waals surface area contributed by atoms with Gasteiger partial charge in [0.25, 0.3) is 0 Å². The van der Waals surface area contributed by atoms with Crippen molar-refractivity contribution in [1.82, 2.24) is 5.32 Å². The number of carbonyl (C=O) groups excluding carboxylic acids is 1. The predicted molar refractivity (Wildman–Crippen MR) is 64.5 cm³/mol. The number of rotatable bonds is 5. The molecule has 0 aromatic carbocycles. The van der Waals surface area contributed by atoms with Gasteiger partial charge in [-0.05, 0) is 18.8 Å². The minimum absolute atomic E-state index is 0.00631. The van der Waals surface area contributed by atoms with Gasteiger partial charge in [-0.2, -0.15) is 0 Å². The molecule has 1 saturated carbocycles. The van der Waals surface area contributed by atoms with Crippen LogP contribution < -0.4 is 5.32 Å². The lowest BCUT2D eigenvalue weighted by Gasteiger charge is -2.29. The van der Waals surface area contributed by atoms with Crippen molar-refractivity contribution in [3.8, 4) is 0 Å². The predicted octanol–water partition coefficient (Wildman–Crippen LogP) is 1.50. The molecule has 16 heavy (non-hydrogen) atoms. The number of carbonyl (C=O) groups is 2. The maximum atomic E-state index is 11.5. The van der Waals surface area contributed by atoms with E-state index >= 15 is 0 Å². The molecule has 2 N–H and O–H groups in total. The van der Waals surface area contributed by atoms with Crippen molar-refractivity contribution in [3.63, 3.8) is 0 Å². The monoisotopic (exact) mass is 245 g/mol. The fraction of sp³-hybridized carbons (Fsp3) is 0.818. The topological polar surface area (TPSA) is 66.4 Å². The van der Waals surface area contributed by atoms with Crippen LogP contribution in [0.4, 0.5) is 0 Å². The molecule has 0 spiro atoms. The molecule has 0 radical (unpaired) electrons. The smallest absolute Gasteiger partial charge is 0.313 e. The molecule has 4 nitrogen and oxygen atoms in total. The second kappa shape index (κ2) is 6.78. The minimum Gasteiger partial charge on any atom is -0.481 e. The first-order valence-corrected chi connectivity index (χ1v) is 6.84. The summed E-state index contributed by atoms with van der Waals surface area (Å²) >= 11 is 1.15. The Morgan fingerprint density at radius 1 is 1.31 bits per heavy atom. The summed E-state index contributed by atoms with van der Waals surface area (Å²) in [6, 6.07) is 0.284. The Hall–Kier alpha value is -0.710. The summed E-state index contributed by atoms with van der Waals surface area (Å²) in [6.07, 6.45) is 4.66. The van der Waals surface area contributed by atoms with E-state index in [0.29, 0.717) is 5.92 Å². The van der Waals surface area contributed by atoms with E-state index < -0.39 is 5.97 Å². The fourth-order valence-electron chi connectivity index (χ4n) is 2.01. The summed E-state index contributed by atoms with van der Waals surface area (Å²) in [7, 11) is 0. The molecule has 1 rings (SSSR count). The van der Waals surface area contributed by atoms with Crippen LogP contribution in [-0.4, -0.2) is 34.5 Å². The summed E-state index contributed by atoms with van der Waals surface area (Å²) in [5.41, 5.74) is 0. The zero-order valence-corrected chi connectivity index (χ0v) is 10.4. The third-order valence-electron chi connectivity index (χ3n) is 2.92. The van der Waals surface area contributed by atoms with Crippen LogP contribution in [0, 0.1) is 5.92 Å². The van der Waals surface area contributed by atoms with Crippen molar-refractivity contribution >= 4 is 23.6 Å². The Bertz CT molecular complexity index is 258. The Balaban J connectivity index is 2.19. The molecule has 1 fully saturated rings. The van der Waals surface area contributed by atoms with Crippen LogP contribution in [0.5, 0.6) is 0 Å². The van der Waals surface area contributed by atoms with Crippen molar-refractivity contribution in [2.45, 2.75) is 38.6 Å². The van der Waals surface area contributed by atoms with Gasteiger partial charge in [-0.15, -0.1) is 11.8 Å². The lowest BCUT2D eigenvalue weighted by Crippen LogP contribution is -2.41. The van der Waals surface area contributed by atoms with Gasteiger partial charge in [0.05, 0.1) is 11.5 Å². The van der Waals surface area contributed by atoms with Gasteiger partial charge in [-0.25, -0.2) is 0 Å². The SMILES string of the molecule is C[C@@H]1CCCC[C@@H]1NC(=O)CSCC(=O)O. The quantitative estimate of drug-likeness (QED) is 0.770.